The minimum Gasteiger partial charge on any atom is -0.378 e. The summed E-state index contributed by atoms with van der Waals surface area (Å²) in [5, 5.41) is 0. The van der Waals surface area contributed by atoms with Crippen LogP contribution in [-0.2, 0) is 6.54 Å². The Morgan fingerprint density at radius 1 is 1.00 bits per heavy atom. The van der Waals surface area contributed by atoms with Crippen molar-refractivity contribution in [3.8, 4) is 0 Å². The molecule has 4 heteroatoms. The molecule has 2 aromatic carbocycles. The fourth-order valence-corrected chi connectivity index (χ4v) is 3.37. The molecular formula is C21H28N3O+. The van der Waals surface area contributed by atoms with Crippen molar-refractivity contribution in [1.82, 2.24) is 0 Å². The molecule has 1 fully saturated rings. The summed E-state index contributed by atoms with van der Waals surface area (Å²) in [6, 6.07) is 16.9. The van der Waals surface area contributed by atoms with Crippen molar-refractivity contribution < 1.29 is 9.69 Å². The predicted octanol–water partition coefficient (Wildman–Crippen LogP) is 1.86. The van der Waals surface area contributed by atoms with E-state index in [1.54, 1.807) is 11.8 Å². The second kappa shape index (κ2) is 7.70. The summed E-state index contributed by atoms with van der Waals surface area (Å²) in [6.07, 6.45) is 0. The van der Waals surface area contributed by atoms with E-state index in [4.69, 9.17) is 0 Å². The Hall–Kier alpha value is -2.33. The van der Waals surface area contributed by atoms with Gasteiger partial charge in [-0.3, -0.25) is 4.79 Å². The monoisotopic (exact) mass is 338 g/mol. The van der Waals surface area contributed by atoms with E-state index in [2.05, 4.69) is 60.3 Å². The van der Waals surface area contributed by atoms with Crippen LogP contribution in [-0.4, -0.2) is 46.1 Å². The number of piperazine rings is 1. The normalized spacial score (nSPS) is 15.2. The number of benzene rings is 2. The first-order valence-corrected chi connectivity index (χ1v) is 8.99. The number of Topliss-reactive ketones (excluding diaryl/α,β-unsaturated/α-hetero) is 1. The molecule has 0 radical (unpaired) electrons. The van der Waals surface area contributed by atoms with E-state index in [-0.39, 0.29) is 5.78 Å². The van der Waals surface area contributed by atoms with Gasteiger partial charge in [-0.1, -0.05) is 12.1 Å². The Kier molecular flexibility index (Phi) is 5.39. The van der Waals surface area contributed by atoms with Crippen LogP contribution >= 0.6 is 0 Å². The largest absolute Gasteiger partial charge is 0.378 e. The molecule has 1 heterocycles. The number of nitrogens with one attached hydrogen (secondary N) is 1. The number of ketones is 1. The molecule has 0 saturated carbocycles. The molecule has 25 heavy (non-hydrogen) atoms. The summed E-state index contributed by atoms with van der Waals surface area (Å²) >= 11 is 0. The number of anilines is 2. The average Bonchev–Trinajstić information content (AvgIpc) is 2.63. The standard InChI is InChI=1S/C21H27N3O/c1-17(25)19-6-10-21(11-7-19)24-14-12-23(13-15-24)16-18-4-8-20(9-5-18)22(2)3/h4-11H,12-16H2,1-3H3/p+1. The van der Waals surface area contributed by atoms with Crippen LogP contribution in [0.2, 0.25) is 0 Å². The summed E-state index contributed by atoms with van der Waals surface area (Å²) in [5.74, 6) is 0.126. The summed E-state index contributed by atoms with van der Waals surface area (Å²) in [4.78, 5) is 17.6. The molecule has 0 spiro atoms. The Labute approximate surface area is 150 Å². The zero-order valence-electron chi connectivity index (χ0n) is 15.5. The van der Waals surface area contributed by atoms with E-state index in [0.717, 1.165) is 38.3 Å². The molecule has 1 aliphatic heterocycles. The van der Waals surface area contributed by atoms with E-state index >= 15 is 0 Å². The van der Waals surface area contributed by atoms with Crippen LogP contribution < -0.4 is 14.7 Å². The molecule has 0 aromatic heterocycles. The third-order valence-corrected chi connectivity index (χ3v) is 5.02. The van der Waals surface area contributed by atoms with Gasteiger partial charge in [0.15, 0.2) is 5.78 Å². The van der Waals surface area contributed by atoms with Gasteiger partial charge in [0.2, 0.25) is 0 Å². The molecular weight excluding hydrogens is 310 g/mol. The number of quaternary nitrogens is 1. The van der Waals surface area contributed by atoms with Gasteiger partial charge in [-0.2, -0.15) is 0 Å². The summed E-state index contributed by atoms with van der Waals surface area (Å²) < 4.78 is 0. The molecule has 2 aromatic rings. The topological polar surface area (TPSA) is 28.0 Å². The number of carbonyl (C=O) groups is 1. The SMILES string of the molecule is CC(=O)c1ccc(N2CC[NH+](Cc3ccc(N(C)C)cc3)CC2)cc1. The highest BCUT2D eigenvalue weighted by molar-refractivity contribution is 5.94. The Morgan fingerprint density at radius 3 is 2.12 bits per heavy atom. The van der Waals surface area contributed by atoms with Crippen LogP contribution in [0.15, 0.2) is 48.5 Å². The van der Waals surface area contributed by atoms with Crippen LogP contribution in [0.4, 0.5) is 11.4 Å². The van der Waals surface area contributed by atoms with Crippen molar-refractivity contribution in [3.05, 3.63) is 59.7 Å². The Bertz CT molecular complexity index is 699. The van der Waals surface area contributed by atoms with Gasteiger partial charge in [0, 0.05) is 36.6 Å². The van der Waals surface area contributed by atoms with Crippen molar-refractivity contribution >= 4 is 17.2 Å². The van der Waals surface area contributed by atoms with Crippen LogP contribution in [0, 0.1) is 0 Å². The quantitative estimate of drug-likeness (QED) is 0.844. The first kappa shape index (κ1) is 17.5. The maximum Gasteiger partial charge on any atom is 0.159 e. The molecule has 1 aliphatic rings. The highest BCUT2D eigenvalue weighted by Gasteiger charge is 2.20. The van der Waals surface area contributed by atoms with Gasteiger partial charge in [0.1, 0.15) is 6.54 Å². The number of rotatable bonds is 5. The van der Waals surface area contributed by atoms with Gasteiger partial charge in [0.05, 0.1) is 26.2 Å². The molecule has 0 atom stereocenters. The second-order valence-corrected chi connectivity index (χ2v) is 7.08. The lowest BCUT2D eigenvalue weighted by Crippen LogP contribution is -3.13. The third kappa shape index (κ3) is 4.40. The van der Waals surface area contributed by atoms with Crippen LogP contribution in [0.5, 0.6) is 0 Å². The number of hydrogen-bond donors (Lipinski definition) is 1. The first-order valence-electron chi connectivity index (χ1n) is 8.99. The highest BCUT2D eigenvalue weighted by Crippen LogP contribution is 2.16. The number of carbonyl (C=O) groups excluding carboxylic acids is 1. The molecule has 1 saturated heterocycles. The number of hydrogen-bond acceptors (Lipinski definition) is 3. The minimum atomic E-state index is 0.126. The molecule has 4 nitrogen and oxygen atoms in total. The lowest BCUT2D eigenvalue weighted by molar-refractivity contribution is -0.914. The van der Waals surface area contributed by atoms with Crippen molar-refractivity contribution in [2.24, 2.45) is 0 Å². The fraction of sp³-hybridized carbons (Fsp3) is 0.381. The van der Waals surface area contributed by atoms with Crippen LogP contribution in [0.25, 0.3) is 0 Å². The fourth-order valence-electron chi connectivity index (χ4n) is 3.37. The van der Waals surface area contributed by atoms with Gasteiger partial charge in [-0.05, 0) is 43.3 Å². The van der Waals surface area contributed by atoms with E-state index in [1.165, 1.54) is 16.9 Å². The van der Waals surface area contributed by atoms with Crippen molar-refractivity contribution in [2.45, 2.75) is 13.5 Å². The number of nitrogens with zero attached hydrogens (tertiary/aromatic N) is 2. The van der Waals surface area contributed by atoms with Crippen molar-refractivity contribution in [2.75, 3.05) is 50.1 Å². The summed E-state index contributed by atoms with van der Waals surface area (Å²) in [7, 11) is 4.14. The molecule has 132 valence electrons. The lowest BCUT2D eigenvalue weighted by atomic mass is 10.1. The smallest absolute Gasteiger partial charge is 0.159 e. The highest BCUT2D eigenvalue weighted by atomic mass is 16.1. The van der Waals surface area contributed by atoms with Crippen molar-refractivity contribution in [1.29, 1.82) is 0 Å². The maximum absolute atomic E-state index is 11.4. The molecule has 3 rings (SSSR count). The summed E-state index contributed by atoms with van der Waals surface area (Å²) in [6.45, 7) is 7.11. The zero-order chi connectivity index (χ0) is 17.8. The van der Waals surface area contributed by atoms with E-state index < -0.39 is 0 Å². The van der Waals surface area contributed by atoms with Gasteiger partial charge in [0.25, 0.3) is 0 Å². The predicted molar refractivity (Wildman–Crippen MR) is 104 cm³/mol. The van der Waals surface area contributed by atoms with E-state index in [9.17, 15) is 4.79 Å². The van der Waals surface area contributed by atoms with Gasteiger partial charge >= 0.3 is 0 Å². The second-order valence-electron chi connectivity index (χ2n) is 7.08. The first-order chi connectivity index (χ1) is 12.0. The van der Waals surface area contributed by atoms with Gasteiger partial charge in [-0.25, -0.2) is 0 Å². The summed E-state index contributed by atoms with van der Waals surface area (Å²) in [5.41, 5.74) is 4.66. The molecule has 0 amide bonds. The third-order valence-electron chi connectivity index (χ3n) is 5.02. The average molecular weight is 338 g/mol. The zero-order valence-corrected chi connectivity index (χ0v) is 15.5. The van der Waals surface area contributed by atoms with Gasteiger partial charge < -0.3 is 14.7 Å². The lowest BCUT2D eigenvalue weighted by Gasteiger charge is -2.33. The molecule has 0 bridgehead atoms. The Morgan fingerprint density at radius 2 is 1.60 bits per heavy atom. The van der Waals surface area contributed by atoms with Crippen LogP contribution in [0.1, 0.15) is 22.8 Å². The van der Waals surface area contributed by atoms with Gasteiger partial charge in [-0.15, -0.1) is 0 Å². The molecule has 0 aliphatic carbocycles. The Balaban J connectivity index is 1.53. The van der Waals surface area contributed by atoms with E-state index in [1.807, 2.05) is 12.1 Å². The molecule has 1 N–H and O–H groups in total. The van der Waals surface area contributed by atoms with Crippen LogP contribution in [0.3, 0.4) is 0 Å². The van der Waals surface area contributed by atoms with E-state index in [0.29, 0.717) is 0 Å². The minimum absolute atomic E-state index is 0.126. The molecule has 0 unspecified atom stereocenters. The maximum atomic E-state index is 11.4. The van der Waals surface area contributed by atoms with Crippen molar-refractivity contribution in [3.63, 3.8) is 0 Å².